The number of aryl methyl sites for hydroxylation is 1. The molecule has 0 unspecified atom stereocenters. The molecule has 0 spiro atoms. The van der Waals surface area contributed by atoms with Crippen LogP contribution in [0.4, 0.5) is 4.39 Å². The molecule has 0 bridgehead atoms. The summed E-state index contributed by atoms with van der Waals surface area (Å²) in [5.74, 6) is -0.690. The second kappa shape index (κ2) is 6.05. The van der Waals surface area contributed by atoms with Crippen molar-refractivity contribution in [2.45, 2.75) is 20.0 Å². The molecular weight excluding hydrogens is 281 g/mol. The molecule has 6 heteroatoms. The van der Waals surface area contributed by atoms with E-state index in [4.69, 9.17) is 11.6 Å². The van der Waals surface area contributed by atoms with Crippen molar-refractivity contribution in [1.82, 2.24) is 14.7 Å². The monoisotopic (exact) mass is 295 g/mol. The average Bonchev–Trinajstić information content (AvgIpc) is 2.78. The lowest BCUT2D eigenvalue weighted by atomic mass is 10.2. The number of carbonyl (C=O) groups excluding carboxylic acids is 1. The minimum Gasteiger partial charge on any atom is -0.336 e. The van der Waals surface area contributed by atoms with Crippen LogP contribution in [0.2, 0.25) is 5.02 Å². The van der Waals surface area contributed by atoms with Crippen molar-refractivity contribution in [2.24, 2.45) is 0 Å². The summed E-state index contributed by atoms with van der Waals surface area (Å²) in [5.41, 5.74) is 1.08. The zero-order chi connectivity index (χ0) is 14.7. The molecule has 0 aliphatic heterocycles. The highest BCUT2D eigenvalue weighted by molar-refractivity contribution is 6.31. The van der Waals surface area contributed by atoms with Crippen LogP contribution >= 0.6 is 11.6 Å². The van der Waals surface area contributed by atoms with Gasteiger partial charge in [0.15, 0.2) is 0 Å². The zero-order valence-electron chi connectivity index (χ0n) is 11.3. The van der Waals surface area contributed by atoms with Gasteiger partial charge in [0.1, 0.15) is 5.82 Å². The fraction of sp³-hybridized carbons (Fsp3) is 0.286. The maximum absolute atomic E-state index is 13.1. The normalized spacial score (nSPS) is 10.6. The maximum atomic E-state index is 13.1. The molecular formula is C14H15ClFN3O. The first-order valence-corrected chi connectivity index (χ1v) is 6.62. The van der Waals surface area contributed by atoms with Crippen molar-refractivity contribution < 1.29 is 9.18 Å². The quantitative estimate of drug-likeness (QED) is 0.870. The van der Waals surface area contributed by atoms with Crippen LogP contribution in [0.15, 0.2) is 30.5 Å². The minimum atomic E-state index is -0.430. The molecule has 106 valence electrons. The van der Waals surface area contributed by atoms with Gasteiger partial charge in [0.2, 0.25) is 0 Å². The molecule has 0 aliphatic carbocycles. The summed E-state index contributed by atoms with van der Waals surface area (Å²) >= 11 is 6.06. The van der Waals surface area contributed by atoms with E-state index >= 15 is 0 Å². The number of hydrogen-bond acceptors (Lipinski definition) is 2. The summed E-state index contributed by atoms with van der Waals surface area (Å²) in [5, 5.41) is 4.64. The number of aromatic nitrogens is 2. The molecule has 1 heterocycles. The lowest BCUT2D eigenvalue weighted by molar-refractivity contribution is 0.0781. The third kappa shape index (κ3) is 2.99. The molecule has 0 saturated heterocycles. The number of halogens is 2. The molecule has 20 heavy (non-hydrogen) atoms. The van der Waals surface area contributed by atoms with Crippen molar-refractivity contribution in [1.29, 1.82) is 0 Å². The first-order chi connectivity index (χ1) is 9.52. The summed E-state index contributed by atoms with van der Waals surface area (Å²) < 4.78 is 14.9. The van der Waals surface area contributed by atoms with Gasteiger partial charge in [0.25, 0.3) is 5.91 Å². The largest absolute Gasteiger partial charge is 0.336 e. The first kappa shape index (κ1) is 14.5. The molecule has 1 amide bonds. The molecule has 2 rings (SSSR count). The van der Waals surface area contributed by atoms with Gasteiger partial charge in [-0.05, 0) is 25.1 Å². The van der Waals surface area contributed by atoms with E-state index in [1.165, 1.54) is 23.1 Å². The van der Waals surface area contributed by atoms with Crippen molar-refractivity contribution in [2.75, 3.05) is 7.05 Å². The van der Waals surface area contributed by atoms with Gasteiger partial charge in [-0.2, -0.15) is 5.10 Å². The van der Waals surface area contributed by atoms with Crippen molar-refractivity contribution >= 4 is 17.5 Å². The van der Waals surface area contributed by atoms with Gasteiger partial charge in [-0.25, -0.2) is 4.39 Å². The Morgan fingerprint density at radius 2 is 2.25 bits per heavy atom. The fourth-order valence-electron chi connectivity index (χ4n) is 1.96. The highest BCUT2D eigenvalue weighted by atomic mass is 35.5. The number of amides is 1. The molecule has 0 N–H and O–H groups in total. The lowest BCUT2D eigenvalue weighted by Gasteiger charge is -2.18. The SMILES string of the molecule is CCn1ncc(Cl)c1CN(C)C(=O)c1cccc(F)c1. The number of nitrogens with zero attached hydrogens (tertiary/aromatic N) is 3. The third-order valence-electron chi connectivity index (χ3n) is 3.00. The van der Waals surface area contributed by atoms with Crippen LogP contribution in [0.3, 0.4) is 0 Å². The predicted octanol–water partition coefficient (Wildman–Crippen LogP) is 2.97. The van der Waals surface area contributed by atoms with Crippen LogP contribution < -0.4 is 0 Å². The molecule has 4 nitrogen and oxygen atoms in total. The molecule has 2 aromatic rings. The lowest BCUT2D eigenvalue weighted by Crippen LogP contribution is -2.27. The predicted molar refractivity (Wildman–Crippen MR) is 75.1 cm³/mol. The van der Waals surface area contributed by atoms with Gasteiger partial charge < -0.3 is 4.90 Å². The van der Waals surface area contributed by atoms with Crippen molar-refractivity contribution in [3.63, 3.8) is 0 Å². The van der Waals surface area contributed by atoms with E-state index in [-0.39, 0.29) is 5.91 Å². The van der Waals surface area contributed by atoms with Crippen LogP contribution in [0.5, 0.6) is 0 Å². The van der Waals surface area contributed by atoms with Gasteiger partial charge in [-0.3, -0.25) is 9.48 Å². The summed E-state index contributed by atoms with van der Waals surface area (Å²) in [6.07, 6.45) is 1.56. The molecule has 0 atom stereocenters. The smallest absolute Gasteiger partial charge is 0.254 e. The van der Waals surface area contributed by atoms with Gasteiger partial charge in [0.05, 0.1) is 23.5 Å². The number of benzene rings is 1. The Labute approximate surface area is 121 Å². The minimum absolute atomic E-state index is 0.260. The van der Waals surface area contributed by atoms with Gasteiger partial charge in [-0.15, -0.1) is 0 Å². The summed E-state index contributed by atoms with van der Waals surface area (Å²) in [6, 6.07) is 5.62. The number of carbonyl (C=O) groups is 1. The summed E-state index contributed by atoms with van der Waals surface area (Å²) in [4.78, 5) is 13.7. The Balaban J connectivity index is 2.17. The van der Waals surface area contributed by atoms with E-state index in [2.05, 4.69) is 5.10 Å². The van der Waals surface area contributed by atoms with Gasteiger partial charge >= 0.3 is 0 Å². The first-order valence-electron chi connectivity index (χ1n) is 6.24. The standard InChI is InChI=1S/C14H15ClFN3O/c1-3-19-13(12(15)8-17-19)9-18(2)14(20)10-5-4-6-11(16)7-10/h4-8H,3,9H2,1-2H3. The van der Waals surface area contributed by atoms with Crippen LogP contribution in [-0.4, -0.2) is 27.6 Å². The van der Waals surface area contributed by atoms with Crippen LogP contribution in [-0.2, 0) is 13.1 Å². The second-order valence-electron chi connectivity index (χ2n) is 4.43. The van der Waals surface area contributed by atoms with Gasteiger partial charge in [-0.1, -0.05) is 17.7 Å². The van der Waals surface area contributed by atoms with E-state index in [9.17, 15) is 9.18 Å². The number of rotatable bonds is 4. The molecule has 0 aliphatic rings. The van der Waals surface area contributed by atoms with Crippen LogP contribution in [0.1, 0.15) is 23.0 Å². The molecule has 0 saturated carbocycles. The molecule has 0 fully saturated rings. The summed E-state index contributed by atoms with van der Waals surface area (Å²) in [7, 11) is 1.65. The van der Waals surface area contributed by atoms with Crippen molar-refractivity contribution in [3.05, 3.63) is 52.6 Å². The fourth-order valence-corrected chi connectivity index (χ4v) is 2.16. The Morgan fingerprint density at radius 1 is 1.50 bits per heavy atom. The summed E-state index contributed by atoms with van der Waals surface area (Å²) in [6.45, 7) is 2.94. The second-order valence-corrected chi connectivity index (χ2v) is 4.83. The Morgan fingerprint density at radius 3 is 2.90 bits per heavy atom. The molecule has 1 aromatic heterocycles. The molecule has 1 aromatic carbocycles. The van der Waals surface area contributed by atoms with Crippen LogP contribution in [0.25, 0.3) is 0 Å². The van der Waals surface area contributed by atoms with Crippen LogP contribution in [0, 0.1) is 5.82 Å². The molecule has 0 radical (unpaired) electrons. The highest BCUT2D eigenvalue weighted by Crippen LogP contribution is 2.18. The van der Waals surface area contributed by atoms with E-state index in [1.807, 2.05) is 6.92 Å². The Kier molecular flexibility index (Phi) is 4.39. The van der Waals surface area contributed by atoms with Gasteiger partial charge in [0, 0.05) is 19.2 Å². The maximum Gasteiger partial charge on any atom is 0.254 e. The number of hydrogen-bond donors (Lipinski definition) is 0. The van der Waals surface area contributed by atoms with E-state index in [0.717, 1.165) is 5.69 Å². The Hall–Kier alpha value is -1.88. The van der Waals surface area contributed by atoms with E-state index in [0.29, 0.717) is 23.7 Å². The van der Waals surface area contributed by atoms with E-state index in [1.54, 1.807) is 24.0 Å². The highest BCUT2D eigenvalue weighted by Gasteiger charge is 2.16. The Bertz CT molecular complexity index is 627. The van der Waals surface area contributed by atoms with E-state index < -0.39 is 5.82 Å². The third-order valence-corrected chi connectivity index (χ3v) is 3.32. The average molecular weight is 296 g/mol. The van der Waals surface area contributed by atoms with Crippen molar-refractivity contribution in [3.8, 4) is 0 Å². The zero-order valence-corrected chi connectivity index (χ0v) is 12.1. The topological polar surface area (TPSA) is 38.1 Å².